The lowest BCUT2D eigenvalue weighted by atomic mass is 10.2. The topological polar surface area (TPSA) is 94.2 Å². The van der Waals surface area contributed by atoms with Gasteiger partial charge in [-0.2, -0.15) is 0 Å². The Morgan fingerprint density at radius 1 is 1.16 bits per heavy atom. The zero-order valence-corrected chi connectivity index (χ0v) is 18.6. The second kappa shape index (κ2) is 10.4. The van der Waals surface area contributed by atoms with Gasteiger partial charge in [0.2, 0.25) is 15.9 Å². The lowest BCUT2D eigenvalue weighted by Gasteiger charge is -2.26. The first-order valence-corrected chi connectivity index (χ1v) is 12.1. The fourth-order valence-electron chi connectivity index (χ4n) is 3.27. The number of nitrogens with zero attached hydrogens (tertiary/aromatic N) is 1. The summed E-state index contributed by atoms with van der Waals surface area (Å²) in [5, 5.41) is 2.83. The number of para-hydroxylation sites is 4. The van der Waals surface area contributed by atoms with Crippen LogP contribution in [0.1, 0.15) is 19.8 Å². The second-order valence-electron chi connectivity index (χ2n) is 7.14. The van der Waals surface area contributed by atoms with Crippen LogP contribution in [0.15, 0.2) is 48.5 Å². The van der Waals surface area contributed by atoms with Crippen LogP contribution in [0.25, 0.3) is 0 Å². The number of rotatable bonds is 10. The third-order valence-electron chi connectivity index (χ3n) is 4.69. The third kappa shape index (κ3) is 6.27. The van der Waals surface area contributed by atoms with Crippen molar-refractivity contribution in [2.24, 2.45) is 0 Å². The second-order valence-corrected chi connectivity index (χ2v) is 9.05. The van der Waals surface area contributed by atoms with Gasteiger partial charge in [0.1, 0.15) is 18.5 Å². The molecule has 0 saturated heterocycles. The van der Waals surface area contributed by atoms with Crippen molar-refractivity contribution in [3.63, 3.8) is 0 Å². The van der Waals surface area contributed by atoms with Crippen molar-refractivity contribution in [3.05, 3.63) is 48.5 Å². The molecular formula is C22H28N2O6S. The fourth-order valence-corrected chi connectivity index (χ4v) is 4.24. The van der Waals surface area contributed by atoms with E-state index in [1.807, 2.05) is 31.2 Å². The van der Waals surface area contributed by atoms with Gasteiger partial charge in [-0.15, -0.1) is 0 Å². The minimum atomic E-state index is -3.53. The Bertz CT molecular complexity index is 995. The van der Waals surface area contributed by atoms with Crippen molar-refractivity contribution in [1.29, 1.82) is 0 Å². The number of sulfonamides is 1. The van der Waals surface area contributed by atoms with Crippen LogP contribution in [-0.4, -0.2) is 53.0 Å². The number of nitrogens with one attached hydrogen (secondary N) is 1. The van der Waals surface area contributed by atoms with Gasteiger partial charge in [-0.1, -0.05) is 24.3 Å². The first-order chi connectivity index (χ1) is 14.9. The summed E-state index contributed by atoms with van der Waals surface area (Å²) >= 11 is 0. The molecule has 1 atom stereocenters. The van der Waals surface area contributed by atoms with E-state index in [2.05, 4.69) is 5.32 Å². The molecule has 2 aromatic carbocycles. The molecule has 0 aromatic heterocycles. The number of anilines is 1. The SMILES string of the molecule is CCOc1ccccc1N(CCCC(=O)NC[C@H]1COc2ccccc2O1)S(C)(=O)=O. The molecule has 0 saturated carbocycles. The van der Waals surface area contributed by atoms with Gasteiger partial charge in [-0.25, -0.2) is 8.42 Å². The Morgan fingerprint density at radius 3 is 2.61 bits per heavy atom. The van der Waals surface area contributed by atoms with Crippen molar-refractivity contribution in [1.82, 2.24) is 5.32 Å². The number of benzene rings is 2. The Kier molecular flexibility index (Phi) is 7.62. The lowest BCUT2D eigenvalue weighted by Crippen LogP contribution is -2.41. The molecule has 8 nitrogen and oxygen atoms in total. The summed E-state index contributed by atoms with van der Waals surface area (Å²) in [4.78, 5) is 12.3. The molecule has 0 bridgehead atoms. The molecule has 31 heavy (non-hydrogen) atoms. The van der Waals surface area contributed by atoms with Gasteiger partial charge in [0.05, 0.1) is 25.1 Å². The molecular weight excluding hydrogens is 420 g/mol. The largest absolute Gasteiger partial charge is 0.492 e. The number of ether oxygens (including phenoxy) is 3. The summed E-state index contributed by atoms with van der Waals surface area (Å²) < 4.78 is 43.0. The molecule has 0 unspecified atom stereocenters. The normalized spacial score (nSPS) is 15.2. The van der Waals surface area contributed by atoms with Crippen molar-refractivity contribution in [3.8, 4) is 17.2 Å². The number of amides is 1. The first kappa shape index (κ1) is 22.7. The molecule has 9 heteroatoms. The summed E-state index contributed by atoms with van der Waals surface area (Å²) in [5.74, 6) is 1.67. The molecule has 1 N–H and O–H groups in total. The summed E-state index contributed by atoms with van der Waals surface area (Å²) in [6, 6.07) is 14.4. The number of carbonyl (C=O) groups excluding carboxylic acids is 1. The maximum atomic E-state index is 12.3. The third-order valence-corrected chi connectivity index (χ3v) is 5.87. The van der Waals surface area contributed by atoms with Crippen LogP contribution >= 0.6 is 0 Å². The van der Waals surface area contributed by atoms with E-state index in [9.17, 15) is 13.2 Å². The standard InChI is InChI=1S/C22H28N2O6S/c1-3-28-19-10-5-4-9-18(19)24(31(2,26)27)14-8-13-22(25)23-15-17-16-29-20-11-6-7-12-21(20)30-17/h4-7,9-12,17H,3,8,13-16H2,1-2H3,(H,23,25)/t17-/m0/s1. The molecule has 1 aliphatic heterocycles. The maximum absolute atomic E-state index is 12.3. The predicted octanol–water partition coefficient (Wildman–Crippen LogP) is 2.59. The summed E-state index contributed by atoms with van der Waals surface area (Å²) in [7, 11) is -3.53. The number of hydrogen-bond donors (Lipinski definition) is 1. The molecule has 1 heterocycles. The van der Waals surface area contributed by atoms with Crippen molar-refractivity contribution in [2.45, 2.75) is 25.9 Å². The van der Waals surface area contributed by atoms with E-state index in [-0.39, 0.29) is 25.0 Å². The predicted molar refractivity (Wildman–Crippen MR) is 118 cm³/mol. The van der Waals surface area contributed by atoms with E-state index in [4.69, 9.17) is 14.2 Å². The highest BCUT2D eigenvalue weighted by Gasteiger charge is 2.23. The Hall–Kier alpha value is -2.94. The van der Waals surface area contributed by atoms with E-state index < -0.39 is 10.0 Å². The first-order valence-electron chi connectivity index (χ1n) is 10.2. The Balaban J connectivity index is 1.50. The molecule has 168 valence electrons. The summed E-state index contributed by atoms with van der Waals surface area (Å²) in [6.45, 7) is 3.11. The van der Waals surface area contributed by atoms with Crippen molar-refractivity contribution in [2.75, 3.05) is 36.9 Å². The van der Waals surface area contributed by atoms with Crippen LogP contribution in [-0.2, 0) is 14.8 Å². The Labute approximate surface area is 183 Å². The fraction of sp³-hybridized carbons (Fsp3) is 0.409. The average Bonchev–Trinajstić information content (AvgIpc) is 2.75. The molecule has 0 aliphatic carbocycles. The monoisotopic (exact) mass is 448 g/mol. The number of hydrogen-bond acceptors (Lipinski definition) is 6. The molecule has 1 aliphatic rings. The van der Waals surface area contributed by atoms with E-state index in [0.717, 1.165) is 6.26 Å². The van der Waals surface area contributed by atoms with Gasteiger partial charge >= 0.3 is 0 Å². The van der Waals surface area contributed by atoms with Crippen LogP contribution < -0.4 is 23.8 Å². The van der Waals surface area contributed by atoms with Crippen molar-refractivity contribution < 1.29 is 27.4 Å². The summed E-state index contributed by atoms with van der Waals surface area (Å²) in [6.07, 6.45) is 1.43. The molecule has 2 aromatic rings. The maximum Gasteiger partial charge on any atom is 0.232 e. The van der Waals surface area contributed by atoms with Gasteiger partial charge in [0, 0.05) is 13.0 Å². The molecule has 0 radical (unpaired) electrons. The molecule has 1 amide bonds. The van der Waals surface area contributed by atoms with Crippen LogP contribution in [0.4, 0.5) is 5.69 Å². The zero-order chi connectivity index (χ0) is 22.3. The number of fused-ring (bicyclic) bond motifs is 1. The Morgan fingerprint density at radius 2 is 1.87 bits per heavy atom. The zero-order valence-electron chi connectivity index (χ0n) is 17.7. The van der Waals surface area contributed by atoms with E-state index in [0.29, 0.717) is 49.1 Å². The highest BCUT2D eigenvalue weighted by atomic mass is 32.2. The number of carbonyl (C=O) groups is 1. The van der Waals surface area contributed by atoms with E-state index >= 15 is 0 Å². The highest BCUT2D eigenvalue weighted by Crippen LogP contribution is 2.31. The minimum Gasteiger partial charge on any atom is -0.492 e. The minimum absolute atomic E-state index is 0.172. The highest BCUT2D eigenvalue weighted by molar-refractivity contribution is 7.92. The van der Waals surface area contributed by atoms with Gasteiger partial charge in [0.15, 0.2) is 11.5 Å². The molecule has 0 spiro atoms. The van der Waals surface area contributed by atoms with E-state index in [1.165, 1.54) is 4.31 Å². The van der Waals surface area contributed by atoms with Gasteiger partial charge < -0.3 is 19.5 Å². The van der Waals surface area contributed by atoms with Crippen LogP contribution in [0.2, 0.25) is 0 Å². The summed E-state index contributed by atoms with van der Waals surface area (Å²) in [5.41, 5.74) is 0.471. The van der Waals surface area contributed by atoms with E-state index in [1.54, 1.807) is 24.3 Å². The van der Waals surface area contributed by atoms with Crippen molar-refractivity contribution >= 4 is 21.6 Å². The van der Waals surface area contributed by atoms with Gasteiger partial charge in [-0.3, -0.25) is 9.10 Å². The van der Waals surface area contributed by atoms with Gasteiger partial charge in [0.25, 0.3) is 0 Å². The lowest BCUT2D eigenvalue weighted by molar-refractivity contribution is -0.121. The van der Waals surface area contributed by atoms with Crippen LogP contribution in [0.3, 0.4) is 0 Å². The molecule has 0 fully saturated rings. The molecule has 3 rings (SSSR count). The quantitative estimate of drug-likeness (QED) is 0.600. The van der Waals surface area contributed by atoms with Crippen LogP contribution in [0, 0.1) is 0 Å². The van der Waals surface area contributed by atoms with Gasteiger partial charge in [-0.05, 0) is 37.6 Å². The van der Waals surface area contributed by atoms with Crippen LogP contribution in [0.5, 0.6) is 17.2 Å². The smallest absolute Gasteiger partial charge is 0.232 e. The average molecular weight is 449 g/mol.